The summed E-state index contributed by atoms with van der Waals surface area (Å²) in [7, 11) is 3.26. The average molecular weight is 526 g/mol. The Morgan fingerprint density at radius 3 is 2.63 bits per heavy atom. The van der Waals surface area contributed by atoms with Crippen LogP contribution in [0.15, 0.2) is 33.6 Å². The van der Waals surface area contributed by atoms with Crippen molar-refractivity contribution in [2.45, 2.75) is 76.9 Å². The quantitative estimate of drug-likeness (QED) is 0.493. The van der Waals surface area contributed by atoms with Gasteiger partial charge in [-0.3, -0.25) is 9.69 Å². The smallest absolute Gasteiger partial charge is 0.410 e. The van der Waals surface area contributed by atoms with Crippen LogP contribution in [0, 0.1) is 6.92 Å². The Balaban J connectivity index is 1.38. The number of methoxy groups -OCH3 is 1. The molecule has 2 aliphatic rings. The fourth-order valence-corrected chi connectivity index (χ4v) is 5.46. The lowest BCUT2D eigenvalue weighted by molar-refractivity contribution is -0.0104. The number of aryl methyl sites for hydroxylation is 1. The third kappa shape index (κ3) is 4.65. The summed E-state index contributed by atoms with van der Waals surface area (Å²) in [5, 5.41) is 8.99. The van der Waals surface area contributed by atoms with E-state index in [1.54, 1.807) is 56.7 Å². The zero-order chi connectivity index (χ0) is 27.4. The molecule has 4 heterocycles. The van der Waals surface area contributed by atoms with Gasteiger partial charge in [0.15, 0.2) is 17.1 Å². The predicted molar refractivity (Wildman–Crippen MR) is 139 cm³/mol. The molecule has 202 valence electrons. The third-order valence-corrected chi connectivity index (χ3v) is 7.22. The zero-order valence-electron chi connectivity index (χ0n) is 22.4. The molecule has 2 saturated heterocycles. The van der Waals surface area contributed by atoms with E-state index < -0.39 is 29.9 Å². The number of anilines is 1. The molecule has 0 radical (unpaired) electrons. The molecule has 1 aromatic carbocycles. The number of amides is 1. The van der Waals surface area contributed by atoms with Gasteiger partial charge in [0.1, 0.15) is 28.9 Å². The highest BCUT2D eigenvalue weighted by atomic mass is 19.1. The van der Waals surface area contributed by atoms with E-state index in [1.807, 2.05) is 0 Å². The van der Waals surface area contributed by atoms with Crippen LogP contribution in [0.4, 0.5) is 15.0 Å². The van der Waals surface area contributed by atoms with Gasteiger partial charge in [-0.05, 0) is 59.1 Å². The highest BCUT2D eigenvalue weighted by Crippen LogP contribution is 2.41. The predicted octanol–water partition coefficient (Wildman–Crippen LogP) is 4.28. The number of hydrogen-bond acceptors (Lipinski definition) is 9. The number of benzene rings is 1. The number of aromatic nitrogens is 3. The van der Waals surface area contributed by atoms with Crippen molar-refractivity contribution in [3.8, 4) is 17.1 Å². The molecular formula is C27H32FN5O5. The monoisotopic (exact) mass is 525 g/mol. The molecule has 3 aromatic rings. The first kappa shape index (κ1) is 25.9. The fraction of sp³-hybridized carbons (Fsp3) is 0.519. The summed E-state index contributed by atoms with van der Waals surface area (Å²) in [6, 6.07) is 3.55. The number of alkyl halides is 1. The van der Waals surface area contributed by atoms with Gasteiger partial charge >= 0.3 is 6.09 Å². The van der Waals surface area contributed by atoms with Gasteiger partial charge in [0.2, 0.25) is 0 Å². The number of nitrogens with zero attached hydrogens (tertiary/aromatic N) is 5. The average Bonchev–Trinajstić information content (AvgIpc) is 3.21. The highest BCUT2D eigenvalue weighted by Gasteiger charge is 2.52. The van der Waals surface area contributed by atoms with Gasteiger partial charge in [-0.1, -0.05) is 0 Å². The number of halogens is 1. The third-order valence-electron chi connectivity index (χ3n) is 7.22. The van der Waals surface area contributed by atoms with Gasteiger partial charge < -0.3 is 18.8 Å². The standard InChI is InChI=1S/C27H32FN5O5/c1-14-9-20(34)16-11-21(36-6)17(12-22(16)37-14)25-29-13-23(30-31-25)32(5)19-10-15-7-8-18(24(19)28)33(15)26(35)38-27(2,3)4/h9,11-13,15,18-19,24H,7-8,10H2,1-6H3/t15-,18+,19-,24+/m1/s1. The van der Waals surface area contributed by atoms with E-state index in [9.17, 15) is 9.59 Å². The van der Waals surface area contributed by atoms with E-state index in [0.29, 0.717) is 46.7 Å². The Bertz CT molecular complexity index is 1420. The molecule has 2 fully saturated rings. The van der Waals surface area contributed by atoms with Crippen LogP contribution < -0.4 is 15.1 Å². The lowest BCUT2D eigenvalue weighted by Crippen LogP contribution is -2.59. The Morgan fingerprint density at radius 1 is 1.21 bits per heavy atom. The molecule has 4 atom stereocenters. The summed E-state index contributed by atoms with van der Waals surface area (Å²) in [6.07, 6.45) is 1.57. The Morgan fingerprint density at radius 2 is 1.97 bits per heavy atom. The van der Waals surface area contributed by atoms with Crippen molar-refractivity contribution in [1.29, 1.82) is 0 Å². The number of carbonyl (C=O) groups is 1. The molecule has 0 spiro atoms. The summed E-state index contributed by atoms with van der Waals surface area (Å²) in [4.78, 5) is 32.9. The minimum atomic E-state index is -1.28. The van der Waals surface area contributed by atoms with Crippen LogP contribution in [0.25, 0.3) is 22.4 Å². The van der Waals surface area contributed by atoms with Crippen molar-refractivity contribution in [3.05, 3.63) is 40.4 Å². The van der Waals surface area contributed by atoms with Crippen LogP contribution in [-0.2, 0) is 4.74 Å². The molecule has 2 bridgehead atoms. The minimum Gasteiger partial charge on any atom is -0.496 e. The maximum absolute atomic E-state index is 15.8. The molecule has 1 amide bonds. The van der Waals surface area contributed by atoms with Crippen molar-refractivity contribution in [2.24, 2.45) is 0 Å². The summed E-state index contributed by atoms with van der Waals surface area (Å²) >= 11 is 0. The van der Waals surface area contributed by atoms with Crippen LogP contribution >= 0.6 is 0 Å². The SMILES string of the molecule is COc1cc2c(=O)cc(C)oc2cc1-c1ncc(N(C)[C@@H]2C[C@H]3CC[C@@H]([C@@H]2F)N3C(=O)OC(C)(C)C)nn1. The molecule has 0 unspecified atom stereocenters. The maximum atomic E-state index is 15.8. The first-order valence-electron chi connectivity index (χ1n) is 12.7. The number of fused-ring (bicyclic) bond motifs is 3. The van der Waals surface area contributed by atoms with Crippen LogP contribution in [0.2, 0.25) is 0 Å². The Kier molecular flexibility index (Phi) is 6.48. The topological polar surface area (TPSA) is 111 Å². The second-order valence-electron chi connectivity index (χ2n) is 11.0. The molecule has 0 N–H and O–H groups in total. The van der Waals surface area contributed by atoms with Crippen molar-refractivity contribution in [1.82, 2.24) is 20.1 Å². The van der Waals surface area contributed by atoms with Gasteiger partial charge in [-0.2, -0.15) is 0 Å². The van der Waals surface area contributed by atoms with Gasteiger partial charge in [-0.15, -0.1) is 10.2 Å². The number of rotatable bonds is 4. The van der Waals surface area contributed by atoms with Gasteiger partial charge in [-0.25, -0.2) is 14.2 Å². The Labute approximate surface area is 219 Å². The van der Waals surface area contributed by atoms with E-state index in [-0.39, 0.29) is 17.3 Å². The second kappa shape index (κ2) is 9.52. The molecule has 0 saturated carbocycles. The van der Waals surface area contributed by atoms with Crippen LogP contribution in [0.5, 0.6) is 5.75 Å². The molecule has 0 aliphatic carbocycles. The van der Waals surface area contributed by atoms with Crippen molar-refractivity contribution in [2.75, 3.05) is 19.1 Å². The maximum Gasteiger partial charge on any atom is 0.410 e. The van der Waals surface area contributed by atoms with E-state index >= 15 is 4.39 Å². The number of piperidine rings is 1. The van der Waals surface area contributed by atoms with Crippen LogP contribution in [0.3, 0.4) is 0 Å². The molecule has 10 nitrogen and oxygen atoms in total. The van der Waals surface area contributed by atoms with E-state index in [2.05, 4.69) is 15.2 Å². The fourth-order valence-electron chi connectivity index (χ4n) is 5.46. The van der Waals surface area contributed by atoms with Crippen LogP contribution in [-0.4, -0.2) is 70.2 Å². The van der Waals surface area contributed by atoms with Crippen LogP contribution in [0.1, 0.15) is 45.8 Å². The van der Waals surface area contributed by atoms with Gasteiger partial charge in [0.25, 0.3) is 0 Å². The summed E-state index contributed by atoms with van der Waals surface area (Å²) in [5.41, 5.74) is 0.0966. The number of carbonyl (C=O) groups excluding carboxylic acids is 1. The minimum absolute atomic E-state index is 0.102. The van der Waals surface area contributed by atoms with E-state index in [1.165, 1.54) is 19.4 Å². The summed E-state index contributed by atoms with van der Waals surface area (Å²) in [6.45, 7) is 7.12. The normalized spacial score (nSPS) is 23.0. The van der Waals surface area contributed by atoms with Crippen molar-refractivity contribution < 1.29 is 23.1 Å². The lowest BCUT2D eigenvalue weighted by atomic mass is 9.94. The highest BCUT2D eigenvalue weighted by molar-refractivity contribution is 5.85. The summed E-state index contributed by atoms with van der Waals surface area (Å²) in [5.74, 6) is 1.59. The first-order valence-corrected chi connectivity index (χ1v) is 12.7. The molecule has 38 heavy (non-hydrogen) atoms. The van der Waals surface area contributed by atoms with Gasteiger partial charge in [0.05, 0.1) is 36.3 Å². The van der Waals surface area contributed by atoms with E-state index in [0.717, 1.165) is 6.42 Å². The van der Waals surface area contributed by atoms with Crippen molar-refractivity contribution >= 4 is 22.9 Å². The zero-order valence-corrected chi connectivity index (χ0v) is 22.4. The lowest BCUT2D eigenvalue weighted by Gasteiger charge is -2.44. The first-order chi connectivity index (χ1) is 18.0. The largest absolute Gasteiger partial charge is 0.496 e. The van der Waals surface area contributed by atoms with E-state index in [4.69, 9.17) is 13.9 Å². The molecular weight excluding hydrogens is 493 g/mol. The molecule has 11 heteroatoms. The molecule has 2 aliphatic heterocycles. The second-order valence-corrected chi connectivity index (χ2v) is 11.0. The molecule has 5 rings (SSSR count). The van der Waals surface area contributed by atoms with Gasteiger partial charge in [0, 0.05) is 19.2 Å². The Hall–Kier alpha value is -3.76. The number of ether oxygens (including phenoxy) is 2. The summed E-state index contributed by atoms with van der Waals surface area (Å²) < 4.78 is 32.5. The molecule has 2 aromatic heterocycles. The number of hydrogen-bond donors (Lipinski definition) is 0. The van der Waals surface area contributed by atoms with Crippen molar-refractivity contribution in [3.63, 3.8) is 0 Å².